The number of likely N-dealkylation sites (N-methyl/N-ethyl adjacent to an activating group) is 1. The van der Waals surface area contributed by atoms with Crippen molar-refractivity contribution in [3.8, 4) is 0 Å². The van der Waals surface area contributed by atoms with E-state index in [4.69, 9.17) is 0 Å². The molecular formula is C20H24N2O3. The lowest BCUT2D eigenvalue weighted by Crippen LogP contribution is -2.44. The summed E-state index contributed by atoms with van der Waals surface area (Å²) in [6.07, 6.45) is -0.771. The molecule has 0 spiro atoms. The standard InChI is InChI=1S/C20H24N2O3/c1-4-22(14(2)19(24)17-8-6-5-7-9-17)20(25)21-18-12-10-16(11-13-18)15(3)23/h5-14,19,24H,4H2,1-3H3,(H,21,25)/t14-,19+/m0/s1. The maximum absolute atomic E-state index is 12.6. The van der Waals surface area contributed by atoms with Crippen LogP contribution in [0.15, 0.2) is 54.6 Å². The fourth-order valence-corrected chi connectivity index (χ4v) is 2.70. The van der Waals surface area contributed by atoms with Gasteiger partial charge in [-0.3, -0.25) is 4.79 Å². The number of benzene rings is 2. The molecule has 0 saturated carbocycles. The highest BCUT2D eigenvalue weighted by molar-refractivity contribution is 5.95. The van der Waals surface area contributed by atoms with Gasteiger partial charge >= 0.3 is 6.03 Å². The van der Waals surface area contributed by atoms with Crippen molar-refractivity contribution in [3.63, 3.8) is 0 Å². The molecule has 0 radical (unpaired) electrons. The third kappa shape index (κ3) is 4.67. The molecule has 0 aliphatic rings. The van der Waals surface area contributed by atoms with Gasteiger partial charge in [0.1, 0.15) is 0 Å². The molecule has 2 rings (SSSR count). The van der Waals surface area contributed by atoms with E-state index in [1.54, 1.807) is 29.2 Å². The predicted octanol–water partition coefficient (Wildman–Crippen LogP) is 3.87. The Kier molecular flexibility index (Phi) is 6.31. The van der Waals surface area contributed by atoms with Gasteiger partial charge in [0.2, 0.25) is 0 Å². The van der Waals surface area contributed by atoms with E-state index in [0.29, 0.717) is 17.8 Å². The predicted molar refractivity (Wildman–Crippen MR) is 98.7 cm³/mol. The van der Waals surface area contributed by atoms with Crippen molar-refractivity contribution in [3.05, 3.63) is 65.7 Å². The Hall–Kier alpha value is -2.66. The molecule has 2 N–H and O–H groups in total. The van der Waals surface area contributed by atoms with Gasteiger partial charge < -0.3 is 15.3 Å². The van der Waals surface area contributed by atoms with Crippen LogP contribution < -0.4 is 5.32 Å². The molecule has 0 heterocycles. The molecule has 5 heteroatoms. The number of ketones is 1. The zero-order valence-corrected chi connectivity index (χ0v) is 14.8. The zero-order valence-electron chi connectivity index (χ0n) is 14.8. The van der Waals surface area contributed by atoms with Gasteiger partial charge in [-0.15, -0.1) is 0 Å². The number of Topliss-reactive ketones (excluding diaryl/α,β-unsaturated/α-hetero) is 1. The minimum atomic E-state index is -0.771. The van der Waals surface area contributed by atoms with Crippen LogP contribution in [0, 0.1) is 0 Å². The maximum atomic E-state index is 12.6. The Morgan fingerprint density at radius 1 is 1.08 bits per heavy atom. The van der Waals surface area contributed by atoms with Crippen LogP contribution >= 0.6 is 0 Å². The van der Waals surface area contributed by atoms with E-state index in [2.05, 4.69) is 5.32 Å². The van der Waals surface area contributed by atoms with Crippen LogP contribution in [-0.4, -0.2) is 34.4 Å². The number of aliphatic hydroxyl groups is 1. The smallest absolute Gasteiger partial charge is 0.322 e. The molecule has 25 heavy (non-hydrogen) atoms. The summed E-state index contributed by atoms with van der Waals surface area (Å²) < 4.78 is 0. The first-order valence-electron chi connectivity index (χ1n) is 8.35. The molecule has 2 amide bonds. The first-order chi connectivity index (χ1) is 11.9. The van der Waals surface area contributed by atoms with Gasteiger partial charge in [-0.25, -0.2) is 4.79 Å². The lowest BCUT2D eigenvalue weighted by Gasteiger charge is -2.31. The molecule has 0 aliphatic heterocycles. The number of aliphatic hydroxyl groups excluding tert-OH is 1. The molecule has 0 fully saturated rings. The quantitative estimate of drug-likeness (QED) is 0.784. The summed E-state index contributed by atoms with van der Waals surface area (Å²) in [6.45, 7) is 5.65. The molecule has 5 nitrogen and oxygen atoms in total. The number of rotatable bonds is 6. The number of carbonyl (C=O) groups excluding carboxylic acids is 2. The van der Waals surface area contributed by atoms with Crippen molar-refractivity contribution in [2.75, 3.05) is 11.9 Å². The second kappa shape index (κ2) is 8.44. The highest BCUT2D eigenvalue weighted by Gasteiger charge is 2.26. The molecule has 2 aromatic carbocycles. The van der Waals surface area contributed by atoms with Gasteiger partial charge in [0, 0.05) is 17.8 Å². The van der Waals surface area contributed by atoms with Crippen molar-refractivity contribution in [2.45, 2.75) is 32.9 Å². The molecule has 132 valence electrons. The van der Waals surface area contributed by atoms with Crippen molar-refractivity contribution < 1.29 is 14.7 Å². The summed E-state index contributed by atoms with van der Waals surface area (Å²) in [5.74, 6) is -0.0207. The number of carbonyl (C=O) groups is 2. The van der Waals surface area contributed by atoms with Crippen molar-refractivity contribution in [1.29, 1.82) is 0 Å². The van der Waals surface area contributed by atoms with E-state index < -0.39 is 6.10 Å². The first-order valence-corrected chi connectivity index (χ1v) is 8.35. The Bertz CT molecular complexity index is 713. The average molecular weight is 340 g/mol. The monoisotopic (exact) mass is 340 g/mol. The number of anilines is 1. The summed E-state index contributed by atoms with van der Waals surface area (Å²) in [5.41, 5.74) is 1.97. The minimum Gasteiger partial charge on any atom is -0.386 e. The van der Waals surface area contributed by atoms with Crippen LogP contribution in [-0.2, 0) is 0 Å². The highest BCUT2D eigenvalue weighted by Crippen LogP contribution is 2.21. The fourth-order valence-electron chi connectivity index (χ4n) is 2.70. The molecule has 0 aromatic heterocycles. The average Bonchev–Trinajstić information content (AvgIpc) is 2.62. The van der Waals surface area contributed by atoms with Crippen molar-refractivity contribution in [2.24, 2.45) is 0 Å². The van der Waals surface area contributed by atoms with Gasteiger partial charge in [0.05, 0.1) is 12.1 Å². The number of hydrogen-bond acceptors (Lipinski definition) is 3. The fraction of sp³-hybridized carbons (Fsp3) is 0.300. The zero-order chi connectivity index (χ0) is 18.4. The molecule has 0 saturated heterocycles. The Morgan fingerprint density at radius 2 is 1.68 bits per heavy atom. The second-order valence-corrected chi connectivity index (χ2v) is 5.95. The number of amides is 2. The van der Waals surface area contributed by atoms with Gasteiger partial charge in [0.25, 0.3) is 0 Å². The van der Waals surface area contributed by atoms with Gasteiger partial charge in [0.15, 0.2) is 5.78 Å². The number of nitrogens with zero attached hydrogens (tertiary/aromatic N) is 1. The highest BCUT2D eigenvalue weighted by atomic mass is 16.3. The van der Waals surface area contributed by atoms with E-state index in [-0.39, 0.29) is 17.9 Å². The van der Waals surface area contributed by atoms with Gasteiger partial charge in [-0.05, 0) is 50.6 Å². The third-order valence-corrected chi connectivity index (χ3v) is 4.23. The molecular weight excluding hydrogens is 316 g/mol. The Balaban J connectivity index is 2.08. The summed E-state index contributed by atoms with van der Waals surface area (Å²) in [4.78, 5) is 25.5. The second-order valence-electron chi connectivity index (χ2n) is 5.95. The lowest BCUT2D eigenvalue weighted by atomic mass is 10.0. The van der Waals surface area contributed by atoms with Crippen LogP contribution in [0.1, 0.15) is 42.8 Å². The van der Waals surface area contributed by atoms with Gasteiger partial charge in [-0.2, -0.15) is 0 Å². The lowest BCUT2D eigenvalue weighted by molar-refractivity contribution is 0.0804. The maximum Gasteiger partial charge on any atom is 0.322 e. The van der Waals surface area contributed by atoms with E-state index in [1.165, 1.54) is 6.92 Å². The molecule has 0 bridgehead atoms. The molecule has 2 aromatic rings. The number of urea groups is 1. The summed E-state index contributed by atoms with van der Waals surface area (Å²) in [7, 11) is 0. The van der Waals surface area contributed by atoms with Crippen LogP contribution in [0.2, 0.25) is 0 Å². The van der Waals surface area contributed by atoms with Crippen LogP contribution in [0.4, 0.5) is 10.5 Å². The van der Waals surface area contributed by atoms with E-state index in [1.807, 2.05) is 44.2 Å². The summed E-state index contributed by atoms with van der Waals surface area (Å²) in [5, 5.41) is 13.4. The Morgan fingerprint density at radius 3 is 2.20 bits per heavy atom. The normalized spacial score (nSPS) is 13.0. The third-order valence-electron chi connectivity index (χ3n) is 4.23. The van der Waals surface area contributed by atoms with Crippen LogP contribution in [0.25, 0.3) is 0 Å². The summed E-state index contributed by atoms with van der Waals surface area (Å²) in [6, 6.07) is 15.4. The van der Waals surface area contributed by atoms with Gasteiger partial charge in [-0.1, -0.05) is 30.3 Å². The van der Waals surface area contributed by atoms with Crippen molar-refractivity contribution >= 4 is 17.5 Å². The SMILES string of the molecule is CCN(C(=O)Nc1ccc(C(C)=O)cc1)[C@@H](C)[C@@H](O)c1ccccc1. The first kappa shape index (κ1) is 18.7. The van der Waals surface area contributed by atoms with E-state index in [0.717, 1.165) is 5.56 Å². The Labute approximate surface area is 148 Å². The van der Waals surface area contributed by atoms with E-state index >= 15 is 0 Å². The van der Waals surface area contributed by atoms with Crippen LogP contribution in [0.3, 0.4) is 0 Å². The summed E-state index contributed by atoms with van der Waals surface area (Å²) >= 11 is 0. The number of nitrogens with one attached hydrogen (secondary N) is 1. The molecule has 0 aliphatic carbocycles. The van der Waals surface area contributed by atoms with Crippen molar-refractivity contribution in [1.82, 2.24) is 4.90 Å². The molecule has 0 unspecified atom stereocenters. The van der Waals surface area contributed by atoms with E-state index in [9.17, 15) is 14.7 Å². The number of hydrogen-bond donors (Lipinski definition) is 2. The topological polar surface area (TPSA) is 69.6 Å². The minimum absolute atomic E-state index is 0.0207. The largest absolute Gasteiger partial charge is 0.386 e. The van der Waals surface area contributed by atoms with Crippen LogP contribution in [0.5, 0.6) is 0 Å². The molecule has 2 atom stereocenters.